The van der Waals surface area contributed by atoms with E-state index in [0.29, 0.717) is 16.4 Å². The number of para-hydroxylation sites is 1. The Balaban J connectivity index is 2.42. The lowest BCUT2D eigenvalue weighted by molar-refractivity contribution is 0.412. The van der Waals surface area contributed by atoms with Crippen molar-refractivity contribution in [3.8, 4) is 0 Å². The number of fused-ring (bicyclic) bond motifs is 6. The summed E-state index contributed by atoms with van der Waals surface area (Å²) < 4.78 is 67.4. The molecule has 0 aliphatic rings. The molecule has 0 amide bonds. The molecule has 3 aromatic heterocycles. The Kier molecular flexibility index (Phi) is 1.81. The van der Waals surface area contributed by atoms with E-state index in [1.54, 1.807) is 45.0 Å². The van der Waals surface area contributed by atoms with Gasteiger partial charge in [0.05, 0.1) is 22.2 Å². The highest BCUT2D eigenvalue weighted by atomic mass is 15.0. The van der Waals surface area contributed by atoms with Gasteiger partial charge in [-0.05, 0) is 43.2 Å². The van der Waals surface area contributed by atoms with Gasteiger partial charge in [-0.15, -0.1) is 0 Å². The van der Waals surface area contributed by atoms with Crippen molar-refractivity contribution in [2.45, 2.75) is 40.8 Å². The number of imidazole rings is 1. The second kappa shape index (κ2) is 5.04. The van der Waals surface area contributed by atoms with Crippen LogP contribution < -0.4 is 0 Å². The molecule has 4 rings (SSSR count). The highest BCUT2D eigenvalue weighted by molar-refractivity contribution is 6.12. The maximum absolute atomic E-state index is 8.90. The molecule has 0 aliphatic heterocycles. The first-order chi connectivity index (χ1) is 14.6. The van der Waals surface area contributed by atoms with E-state index in [1.165, 1.54) is 16.7 Å². The molecule has 24 heavy (non-hydrogen) atoms. The van der Waals surface area contributed by atoms with Crippen LogP contribution in [0.25, 0.3) is 27.3 Å². The fraction of sp³-hybridized carbons (Fsp3) is 0.333. The summed E-state index contributed by atoms with van der Waals surface area (Å²) in [6.45, 7) is -0.134. The molecule has 3 nitrogen and oxygen atoms in total. The highest BCUT2D eigenvalue weighted by Gasteiger charge is 2.20. The van der Waals surface area contributed by atoms with Crippen molar-refractivity contribution in [1.82, 2.24) is 14.4 Å². The molecule has 3 heterocycles. The van der Waals surface area contributed by atoms with Crippen molar-refractivity contribution >= 4 is 27.3 Å². The van der Waals surface area contributed by atoms with Crippen LogP contribution in [0.2, 0.25) is 0 Å². The summed E-state index contributed by atoms with van der Waals surface area (Å²) in [5.74, 6) is -0.372. The largest absolute Gasteiger partial charge is 0.295 e. The van der Waals surface area contributed by atoms with E-state index in [-0.39, 0.29) is 28.0 Å². The average Bonchev–Trinajstić information content (AvgIpc) is 3.08. The van der Waals surface area contributed by atoms with Gasteiger partial charge in [0.1, 0.15) is 5.82 Å². The van der Waals surface area contributed by atoms with Gasteiger partial charge in [-0.25, -0.2) is 4.98 Å². The fourth-order valence-electron chi connectivity index (χ4n) is 3.17. The summed E-state index contributed by atoms with van der Waals surface area (Å²) >= 11 is 0. The maximum atomic E-state index is 8.90. The van der Waals surface area contributed by atoms with Gasteiger partial charge in [0, 0.05) is 27.9 Å². The van der Waals surface area contributed by atoms with E-state index in [9.17, 15) is 0 Å². The minimum absolute atomic E-state index is 0.0565. The molecule has 0 aliphatic carbocycles. The number of rotatable bonds is 1. The van der Waals surface area contributed by atoms with Gasteiger partial charge in [0.15, 0.2) is 0 Å². The topological polar surface area (TPSA) is 30.2 Å². The Morgan fingerprint density at radius 3 is 2.75 bits per heavy atom. The van der Waals surface area contributed by atoms with E-state index < -0.39 is 25.5 Å². The molecule has 4 aromatic rings. The summed E-state index contributed by atoms with van der Waals surface area (Å²) in [6, 6.07) is 8.49. The van der Waals surface area contributed by atoms with Crippen LogP contribution >= 0.6 is 0 Å². The minimum Gasteiger partial charge on any atom is -0.295 e. The number of benzene rings is 1. The number of nitrogens with zero attached hydrogens (tertiary/aromatic N) is 3. The number of hydrogen-bond donors (Lipinski definition) is 0. The molecule has 1 aromatic carbocycles. The minimum atomic E-state index is -2.72. The standard InChI is InChI=1S/C21H23N3/c1-13-20-18-15(12-21(3,4)5)10-11-22-19(18)16-8-6-7-9-17(16)24(20)14(2)23-13/h6-11H,12H2,1-5H3/i1D3,2D3,12D2. The van der Waals surface area contributed by atoms with Gasteiger partial charge in [-0.1, -0.05) is 39.0 Å². The molecule has 0 atom stereocenters. The molecule has 0 unspecified atom stereocenters. The first-order valence-electron chi connectivity index (χ1n) is 11.8. The summed E-state index contributed by atoms with van der Waals surface area (Å²) in [5, 5.41) is 0.849. The van der Waals surface area contributed by atoms with Crippen molar-refractivity contribution in [3.05, 3.63) is 53.6 Å². The zero-order chi connectivity index (χ0) is 23.9. The van der Waals surface area contributed by atoms with Crippen LogP contribution in [0.5, 0.6) is 0 Å². The van der Waals surface area contributed by atoms with Crippen LogP contribution in [0.1, 0.15) is 48.8 Å². The monoisotopic (exact) mass is 325 g/mol. The zero-order valence-electron chi connectivity index (χ0n) is 21.8. The fourth-order valence-corrected chi connectivity index (χ4v) is 3.17. The molecule has 0 bridgehead atoms. The van der Waals surface area contributed by atoms with E-state index >= 15 is 0 Å². The third-order valence-corrected chi connectivity index (χ3v) is 3.97. The molecular weight excluding hydrogens is 294 g/mol. The quantitative estimate of drug-likeness (QED) is 0.448. The van der Waals surface area contributed by atoms with E-state index in [4.69, 9.17) is 11.0 Å². The van der Waals surface area contributed by atoms with Crippen molar-refractivity contribution in [2.75, 3.05) is 0 Å². The van der Waals surface area contributed by atoms with Crippen LogP contribution in [0.15, 0.2) is 36.5 Å². The number of pyridine rings is 2. The molecule has 0 saturated heterocycles. The summed E-state index contributed by atoms with van der Waals surface area (Å²) in [4.78, 5) is 8.58. The lowest BCUT2D eigenvalue weighted by Gasteiger charge is -2.20. The molecule has 0 radical (unpaired) electrons. The van der Waals surface area contributed by atoms with Gasteiger partial charge in [-0.3, -0.25) is 9.38 Å². The Labute approximate surface area is 153 Å². The van der Waals surface area contributed by atoms with Gasteiger partial charge in [-0.2, -0.15) is 0 Å². The van der Waals surface area contributed by atoms with Crippen LogP contribution in [0.3, 0.4) is 0 Å². The van der Waals surface area contributed by atoms with Crippen LogP contribution in [0.4, 0.5) is 0 Å². The van der Waals surface area contributed by atoms with Gasteiger partial charge < -0.3 is 0 Å². The summed E-state index contributed by atoms with van der Waals surface area (Å²) in [7, 11) is 0. The van der Waals surface area contributed by atoms with Gasteiger partial charge in [0.25, 0.3) is 0 Å². The molecule has 0 N–H and O–H groups in total. The lowest BCUT2D eigenvalue weighted by atomic mass is 9.86. The first kappa shape index (κ1) is 8.61. The van der Waals surface area contributed by atoms with E-state index in [1.807, 2.05) is 0 Å². The molecule has 0 fully saturated rings. The molecule has 3 heteroatoms. The number of hydrogen-bond acceptors (Lipinski definition) is 2. The van der Waals surface area contributed by atoms with Crippen LogP contribution in [-0.4, -0.2) is 14.4 Å². The van der Waals surface area contributed by atoms with Crippen molar-refractivity contribution in [3.63, 3.8) is 0 Å². The predicted molar refractivity (Wildman–Crippen MR) is 101 cm³/mol. The highest BCUT2D eigenvalue weighted by Crippen LogP contribution is 2.35. The Hall–Kier alpha value is -2.42. The Morgan fingerprint density at radius 2 is 2.00 bits per heavy atom. The van der Waals surface area contributed by atoms with Crippen molar-refractivity contribution < 1.29 is 11.0 Å². The maximum Gasteiger partial charge on any atom is 0.110 e. The Morgan fingerprint density at radius 1 is 1.17 bits per heavy atom. The van der Waals surface area contributed by atoms with Gasteiger partial charge >= 0.3 is 0 Å². The second-order valence-corrected chi connectivity index (χ2v) is 6.94. The smallest absolute Gasteiger partial charge is 0.110 e. The summed E-state index contributed by atoms with van der Waals surface area (Å²) in [5.41, 5.74) is -0.0596. The summed E-state index contributed by atoms with van der Waals surface area (Å²) in [6.07, 6.45) is -0.381. The SMILES string of the molecule is [2H]C([2H])([2H])c1nc(C([2H])([2H])[2H])n2c3ccccc3c3nccc(C([2H])([2H])C(C)(C)C)c3c12. The Bertz CT molecular complexity index is 1360. The first-order valence-corrected chi connectivity index (χ1v) is 7.80. The van der Waals surface area contributed by atoms with E-state index in [2.05, 4.69) is 9.97 Å². The van der Waals surface area contributed by atoms with Crippen LogP contribution in [-0.2, 0) is 6.37 Å². The van der Waals surface area contributed by atoms with Gasteiger partial charge in [0.2, 0.25) is 0 Å². The third-order valence-electron chi connectivity index (χ3n) is 3.97. The second-order valence-electron chi connectivity index (χ2n) is 6.94. The normalized spacial score (nSPS) is 19.1. The van der Waals surface area contributed by atoms with Crippen LogP contribution in [0, 0.1) is 19.1 Å². The molecule has 0 spiro atoms. The van der Waals surface area contributed by atoms with Crippen molar-refractivity contribution in [1.29, 1.82) is 0 Å². The molecule has 122 valence electrons. The number of aromatic nitrogens is 3. The average molecular weight is 325 g/mol. The number of aryl methyl sites for hydroxylation is 2. The van der Waals surface area contributed by atoms with E-state index in [0.717, 1.165) is 0 Å². The zero-order valence-corrected chi connectivity index (χ0v) is 13.8. The molecule has 0 saturated carbocycles. The lowest BCUT2D eigenvalue weighted by Crippen LogP contribution is -2.10. The third kappa shape index (κ3) is 2.19. The molecular formula is C21H23N3. The predicted octanol–water partition coefficient (Wildman–Crippen LogP) is 5.24. The van der Waals surface area contributed by atoms with Crippen molar-refractivity contribution in [2.24, 2.45) is 5.41 Å².